The number of amides is 2. The molecule has 0 unspecified atom stereocenters. The number of nitrogens with zero attached hydrogens (tertiary/aromatic N) is 10. The average molecular weight is 1030 g/mol. The van der Waals surface area contributed by atoms with E-state index in [1.54, 1.807) is 36.7 Å². The van der Waals surface area contributed by atoms with Crippen molar-refractivity contribution < 1.29 is 9.59 Å². The molecule has 2 aliphatic carbocycles. The molecule has 4 fully saturated rings. The molecule has 388 valence electrons. The van der Waals surface area contributed by atoms with E-state index in [2.05, 4.69) is 57.8 Å². The van der Waals surface area contributed by atoms with E-state index in [4.69, 9.17) is 27.9 Å². The third kappa shape index (κ3) is 16.2. The van der Waals surface area contributed by atoms with Crippen LogP contribution in [-0.2, 0) is 12.8 Å². The van der Waals surface area contributed by atoms with Crippen molar-refractivity contribution in [3.8, 4) is 12.1 Å². The molecule has 4 heterocycles. The van der Waals surface area contributed by atoms with Gasteiger partial charge in [0.2, 0.25) is 11.2 Å². The van der Waals surface area contributed by atoms with Crippen LogP contribution in [0.4, 0.5) is 40.3 Å². The highest BCUT2D eigenvalue weighted by molar-refractivity contribution is 6.28. The van der Waals surface area contributed by atoms with Crippen LogP contribution in [0.5, 0.6) is 0 Å². The number of hydrogen-bond acceptors (Lipinski definition) is 14. The topological polar surface area (TPSA) is 208 Å². The molecule has 16 nitrogen and oxygen atoms in total. The molecule has 2 aromatic heterocycles. The third-order valence-corrected chi connectivity index (χ3v) is 14.4. The summed E-state index contributed by atoms with van der Waals surface area (Å²) in [4.78, 5) is 51.3. The van der Waals surface area contributed by atoms with Gasteiger partial charge in [-0.2, -0.15) is 15.5 Å². The quantitative estimate of drug-likeness (QED) is 0.0664. The van der Waals surface area contributed by atoms with E-state index < -0.39 is 0 Å². The number of nitriles is 2. The Bertz CT molecular complexity index is 2860. The van der Waals surface area contributed by atoms with Crippen LogP contribution in [0.3, 0.4) is 0 Å². The molecule has 4 aliphatic rings. The largest absolute Gasteiger partial charge is 0.399 e. The van der Waals surface area contributed by atoms with Crippen molar-refractivity contribution >= 4 is 63.7 Å². The molecule has 2 aliphatic heterocycles. The van der Waals surface area contributed by atoms with Crippen LogP contribution in [-0.4, -0.2) is 116 Å². The molecular formula is C58H67ClN14O2. The monoisotopic (exact) mass is 1030 g/mol. The number of rotatable bonds is 12. The number of aromatic nitrogens is 4. The van der Waals surface area contributed by atoms with Crippen LogP contribution in [0.2, 0.25) is 5.28 Å². The number of carbonyl (C=O) groups excluding carboxylic acids is 2. The minimum atomic E-state index is 0.0934. The smallest absolute Gasteiger partial charge is 0.253 e. The fourth-order valence-electron chi connectivity index (χ4n) is 10.2. The van der Waals surface area contributed by atoms with Crippen LogP contribution in [0, 0.1) is 22.7 Å². The van der Waals surface area contributed by atoms with E-state index >= 15 is 0 Å². The number of anilines is 7. The van der Waals surface area contributed by atoms with Crippen molar-refractivity contribution in [2.45, 2.75) is 89.1 Å². The Balaban J connectivity index is 0.000000165. The van der Waals surface area contributed by atoms with E-state index in [1.807, 2.05) is 94.7 Å². The molecule has 0 atom stereocenters. The summed E-state index contributed by atoms with van der Waals surface area (Å²) in [6, 6.07) is 39.3. The maximum absolute atomic E-state index is 13.1. The Kier molecular flexibility index (Phi) is 19.7. The van der Waals surface area contributed by atoms with Gasteiger partial charge in [-0.05, 0) is 133 Å². The van der Waals surface area contributed by atoms with Crippen LogP contribution >= 0.6 is 11.6 Å². The molecule has 0 spiro atoms. The van der Waals surface area contributed by atoms with Gasteiger partial charge < -0.3 is 31.5 Å². The predicted octanol–water partition coefficient (Wildman–Crippen LogP) is 10.4. The van der Waals surface area contributed by atoms with E-state index in [0.717, 1.165) is 92.2 Å². The van der Waals surface area contributed by atoms with Crippen molar-refractivity contribution in [2.24, 2.45) is 0 Å². The van der Waals surface area contributed by atoms with Crippen LogP contribution in [0.25, 0.3) is 0 Å². The Morgan fingerprint density at radius 3 is 1.47 bits per heavy atom. The number of hydrogen-bond donors (Lipinski definition) is 4. The molecule has 2 saturated heterocycles. The van der Waals surface area contributed by atoms with Gasteiger partial charge in [0.25, 0.3) is 11.8 Å². The van der Waals surface area contributed by atoms with Crippen LogP contribution < -0.4 is 21.7 Å². The predicted molar refractivity (Wildman–Crippen MR) is 296 cm³/mol. The molecule has 4 aromatic carbocycles. The molecule has 6 aromatic rings. The number of nitrogen functional groups attached to an aromatic ring is 1. The lowest BCUT2D eigenvalue weighted by Crippen LogP contribution is -2.52. The summed E-state index contributed by atoms with van der Waals surface area (Å²) in [5, 5.41) is 27.3. The molecule has 2 saturated carbocycles. The lowest BCUT2D eigenvalue weighted by molar-refractivity contribution is 0.0519. The zero-order valence-electron chi connectivity index (χ0n) is 42.6. The molecule has 0 radical (unpaired) electrons. The van der Waals surface area contributed by atoms with E-state index in [9.17, 15) is 9.59 Å². The second-order valence-corrected chi connectivity index (χ2v) is 19.7. The molecule has 10 rings (SSSR count). The molecule has 5 N–H and O–H groups in total. The molecular weight excluding hydrogens is 960 g/mol. The Morgan fingerprint density at radius 2 is 1.00 bits per heavy atom. The van der Waals surface area contributed by atoms with E-state index in [-0.39, 0.29) is 17.1 Å². The van der Waals surface area contributed by atoms with E-state index in [0.29, 0.717) is 47.7 Å². The first-order valence-corrected chi connectivity index (χ1v) is 26.6. The summed E-state index contributed by atoms with van der Waals surface area (Å²) in [6.07, 6.45) is 17.5. The van der Waals surface area contributed by atoms with Gasteiger partial charge in [0, 0.05) is 111 Å². The lowest BCUT2D eigenvalue weighted by atomic mass is 9.94. The molecule has 2 amide bonds. The number of carbonyl (C=O) groups is 2. The normalized spacial score (nSPS) is 16.4. The maximum atomic E-state index is 13.1. The Labute approximate surface area is 446 Å². The van der Waals surface area contributed by atoms with Gasteiger partial charge in [0.15, 0.2) is 0 Å². The van der Waals surface area contributed by atoms with Gasteiger partial charge in [0.05, 0.1) is 25.0 Å². The van der Waals surface area contributed by atoms with E-state index in [1.165, 1.54) is 64.2 Å². The second kappa shape index (κ2) is 27.6. The highest BCUT2D eigenvalue weighted by atomic mass is 35.5. The maximum Gasteiger partial charge on any atom is 0.253 e. The van der Waals surface area contributed by atoms with Gasteiger partial charge in [0.1, 0.15) is 11.6 Å². The fourth-order valence-corrected chi connectivity index (χ4v) is 10.3. The van der Waals surface area contributed by atoms with Crippen molar-refractivity contribution in [3.63, 3.8) is 0 Å². The van der Waals surface area contributed by atoms with Gasteiger partial charge >= 0.3 is 0 Å². The third-order valence-electron chi connectivity index (χ3n) is 14.2. The zero-order chi connectivity index (χ0) is 52.2. The number of piperazine rings is 2. The van der Waals surface area contributed by atoms with Crippen molar-refractivity contribution in [1.82, 2.24) is 39.5 Å². The first-order valence-electron chi connectivity index (χ1n) is 26.3. The fraction of sp³-hybridized carbons (Fsp3) is 0.379. The summed E-state index contributed by atoms with van der Waals surface area (Å²) in [6.45, 7) is 7.27. The number of benzene rings is 4. The summed E-state index contributed by atoms with van der Waals surface area (Å²) in [7, 11) is 0. The van der Waals surface area contributed by atoms with Crippen molar-refractivity contribution in [2.75, 3.05) is 74.0 Å². The molecule has 75 heavy (non-hydrogen) atoms. The highest BCUT2D eigenvalue weighted by Crippen LogP contribution is 2.26. The lowest BCUT2D eigenvalue weighted by Gasteiger charge is -2.40. The average Bonchev–Trinajstić information content (AvgIpc) is 3.44. The summed E-state index contributed by atoms with van der Waals surface area (Å²) < 4.78 is 0. The molecule has 0 bridgehead atoms. The highest BCUT2D eigenvalue weighted by Gasteiger charge is 2.29. The van der Waals surface area contributed by atoms with Crippen molar-refractivity contribution in [3.05, 3.63) is 149 Å². The number of nitrogens with two attached hydrogens (primary N) is 1. The SMILES string of the molecule is N#CCc1cccc(Nc2ccnc(Cl)n2)c1.N#CCc1cccc(Nc2ccnc(Nc3ccc(C(=O)N4CCN(C5CCCCC5)CC4)cc3)n2)c1.Nc1ccc(C(=O)N2CCN(C3CCCCC3)CC2)cc1. The minimum Gasteiger partial charge on any atom is -0.399 e. The van der Waals surface area contributed by atoms with Crippen LogP contribution in [0.15, 0.2) is 122 Å². The van der Waals surface area contributed by atoms with Gasteiger partial charge in [-0.15, -0.1) is 0 Å². The number of nitrogens with one attached hydrogen (secondary N) is 3. The van der Waals surface area contributed by atoms with Crippen LogP contribution in [0.1, 0.15) is 96.1 Å². The first kappa shape index (κ1) is 53.7. The van der Waals surface area contributed by atoms with Gasteiger partial charge in [-0.25, -0.2) is 15.0 Å². The minimum absolute atomic E-state index is 0.0934. The Hall–Kier alpha value is -7.63. The number of halogens is 1. The van der Waals surface area contributed by atoms with Gasteiger partial charge in [-0.1, -0.05) is 62.8 Å². The standard InChI is InChI=1S/C29H33N7O.C17H25N3O.C12H9ClN4/c30-15-13-22-5-4-6-25(21-22)32-27-14-16-31-29(34-27)33-24-11-9-23(10-12-24)28(37)36-19-17-35(18-20-36)26-7-2-1-3-8-26;18-15-8-6-14(7-9-15)17(21)20-12-10-19(11-13-20)16-4-2-1-3-5-16;13-12-15-7-5-11(17-12)16-10-3-1-2-9(8-10)4-6-14/h4-6,9-12,14,16,21,26H,1-3,7-8,13,17-20H2,(H2,31,32,33,34);6-9,16H,1-5,10-13,18H2;1-3,5,7-8H,4H2,(H,15,16,17). The Morgan fingerprint density at radius 1 is 0.547 bits per heavy atom. The van der Waals surface area contributed by atoms with Crippen molar-refractivity contribution in [1.29, 1.82) is 10.5 Å². The second-order valence-electron chi connectivity index (χ2n) is 19.4. The summed E-state index contributed by atoms with van der Waals surface area (Å²) >= 11 is 5.69. The first-order chi connectivity index (χ1) is 36.7. The van der Waals surface area contributed by atoms with Gasteiger partial charge in [-0.3, -0.25) is 19.4 Å². The zero-order valence-corrected chi connectivity index (χ0v) is 43.3. The summed E-state index contributed by atoms with van der Waals surface area (Å²) in [5.74, 6) is 1.95. The summed E-state index contributed by atoms with van der Waals surface area (Å²) in [5.41, 5.74) is 12.3. The molecule has 17 heteroatoms.